The van der Waals surface area contributed by atoms with Crippen molar-refractivity contribution in [2.75, 3.05) is 33.4 Å². The number of rotatable bonds is 9. The van der Waals surface area contributed by atoms with Crippen LogP contribution in [0.5, 0.6) is 0 Å². The first-order valence-corrected chi connectivity index (χ1v) is 8.05. The highest BCUT2D eigenvalue weighted by Gasteiger charge is 2.00. The van der Waals surface area contributed by atoms with E-state index in [1.807, 2.05) is 12.4 Å². The zero-order valence-corrected chi connectivity index (χ0v) is 14.4. The zero-order valence-electron chi connectivity index (χ0n) is 14.4. The smallest absolute Gasteiger partial charge is 0.191 e. The molecule has 0 saturated heterocycles. The number of guanidine groups is 1. The molecule has 0 aromatic carbocycles. The molecule has 1 aromatic heterocycles. The van der Waals surface area contributed by atoms with Gasteiger partial charge in [-0.05, 0) is 42.9 Å². The van der Waals surface area contributed by atoms with Crippen LogP contribution in [0, 0.1) is 12.8 Å². The predicted molar refractivity (Wildman–Crippen MR) is 92.3 cm³/mol. The van der Waals surface area contributed by atoms with Crippen molar-refractivity contribution in [1.29, 1.82) is 0 Å². The van der Waals surface area contributed by atoms with Crippen molar-refractivity contribution in [1.82, 2.24) is 15.6 Å². The van der Waals surface area contributed by atoms with E-state index in [9.17, 15) is 0 Å². The summed E-state index contributed by atoms with van der Waals surface area (Å²) in [5.41, 5.74) is 2.54. The van der Waals surface area contributed by atoms with Gasteiger partial charge in [-0.25, -0.2) is 0 Å². The molecule has 1 rings (SSSR count). The Morgan fingerprint density at radius 1 is 1.27 bits per heavy atom. The zero-order chi connectivity index (χ0) is 16.2. The predicted octanol–water partition coefficient (Wildman–Crippen LogP) is 2.16. The van der Waals surface area contributed by atoms with Gasteiger partial charge in [-0.15, -0.1) is 0 Å². The lowest BCUT2D eigenvalue weighted by atomic mass is 10.1. The molecular formula is C17H30N4O. The van der Waals surface area contributed by atoms with Gasteiger partial charge < -0.3 is 15.4 Å². The van der Waals surface area contributed by atoms with Crippen molar-refractivity contribution >= 4 is 5.96 Å². The molecule has 0 aliphatic heterocycles. The number of nitrogens with zero attached hydrogens (tertiary/aromatic N) is 2. The molecule has 0 aliphatic carbocycles. The Hall–Kier alpha value is -1.62. The van der Waals surface area contributed by atoms with Crippen molar-refractivity contribution < 1.29 is 4.74 Å². The molecule has 0 bridgehead atoms. The molecule has 0 saturated carbocycles. The average molecular weight is 306 g/mol. The van der Waals surface area contributed by atoms with Crippen LogP contribution in [0.25, 0.3) is 0 Å². The molecular weight excluding hydrogens is 276 g/mol. The Bertz CT molecular complexity index is 446. The maximum Gasteiger partial charge on any atom is 0.191 e. The Morgan fingerprint density at radius 2 is 2.05 bits per heavy atom. The van der Waals surface area contributed by atoms with Gasteiger partial charge in [-0.2, -0.15) is 0 Å². The lowest BCUT2D eigenvalue weighted by Crippen LogP contribution is -2.39. The first-order chi connectivity index (χ1) is 10.6. The number of aliphatic imine (C=N–C) groups is 1. The van der Waals surface area contributed by atoms with Crippen molar-refractivity contribution in [3.63, 3.8) is 0 Å². The number of hydrogen-bond donors (Lipinski definition) is 2. The van der Waals surface area contributed by atoms with Crippen LogP contribution in [0.3, 0.4) is 0 Å². The summed E-state index contributed by atoms with van der Waals surface area (Å²) < 4.78 is 5.58. The van der Waals surface area contributed by atoms with Crippen molar-refractivity contribution in [3.8, 4) is 0 Å². The molecule has 5 nitrogen and oxygen atoms in total. The Labute approximate surface area is 134 Å². The maximum absolute atomic E-state index is 5.58. The summed E-state index contributed by atoms with van der Waals surface area (Å²) in [4.78, 5) is 8.32. The third-order valence-electron chi connectivity index (χ3n) is 3.43. The van der Waals surface area contributed by atoms with E-state index in [0.717, 1.165) is 38.5 Å². The van der Waals surface area contributed by atoms with Crippen LogP contribution in [0.4, 0.5) is 0 Å². The molecule has 0 amide bonds. The van der Waals surface area contributed by atoms with Crippen LogP contribution in [-0.2, 0) is 11.2 Å². The van der Waals surface area contributed by atoms with Gasteiger partial charge >= 0.3 is 0 Å². The highest BCUT2D eigenvalue weighted by atomic mass is 16.5. The standard InChI is InChI=1S/C17H30N4O/c1-14(2)7-11-22-12-10-21-17(18-4)20-9-6-16-5-8-19-13-15(16)3/h5,8,13-14H,6-7,9-12H2,1-4H3,(H2,18,20,21). The summed E-state index contributed by atoms with van der Waals surface area (Å²) in [5.74, 6) is 1.51. The van der Waals surface area contributed by atoms with Gasteiger partial charge in [0, 0.05) is 39.1 Å². The van der Waals surface area contributed by atoms with Gasteiger partial charge in [0.05, 0.1) is 6.61 Å². The molecule has 0 spiro atoms. The summed E-state index contributed by atoms with van der Waals surface area (Å²) >= 11 is 0. The van der Waals surface area contributed by atoms with Gasteiger partial charge in [-0.1, -0.05) is 13.8 Å². The van der Waals surface area contributed by atoms with Crippen LogP contribution < -0.4 is 10.6 Å². The first-order valence-electron chi connectivity index (χ1n) is 8.05. The van der Waals surface area contributed by atoms with E-state index < -0.39 is 0 Å². The van der Waals surface area contributed by atoms with E-state index in [1.54, 1.807) is 7.05 Å². The second-order valence-electron chi connectivity index (χ2n) is 5.77. The van der Waals surface area contributed by atoms with Crippen molar-refractivity contribution in [3.05, 3.63) is 29.6 Å². The average Bonchev–Trinajstić information content (AvgIpc) is 2.50. The second-order valence-corrected chi connectivity index (χ2v) is 5.77. The van der Waals surface area contributed by atoms with Gasteiger partial charge in [-0.3, -0.25) is 9.98 Å². The van der Waals surface area contributed by atoms with Crippen LogP contribution in [0.1, 0.15) is 31.4 Å². The molecule has 0 atom stereocenters. The van der Waals surface area contributed by atoms with Gasteiger partial charge in [0.2, 0.25) is 0 Å². The number of ether oxygens (including phenoxy) is 1. The fraction of sp³-hybridized carbons (Fsp3) is 0.647. The molecule has 2 N–H and O–H groups in total. The number of nitrogens with one attached hydrogen (secondary N) is 2. The molecule has 0 radical (unpaired) electrons. The third kappa shape index (κ3) is 7.98. The molecule has 0 unspecified atom stereocenters. The molecule has 0 aliphatic rings. The van der Waals surface area contributed by atoms with Gasteiger partial charge in [0.15, 0.2) is 5.96 Å². The summed E-state index contributed by atoms with van der Waals surface area (Å²) in [6, 6.07) is 2.07. The van der Waals surface area contributed by atoms with Crippen LogP contribution >= 0.6 is 0 Å². The lowest BCUT2D eigenvalue weighted by Gasteiger charge is -2.13. The highest BCUT2D eigenvalue weighted by Crippen LogP contribution is 2.04. The Morgan fingerprint density at radius 3 is 2.73 bits per heavy atom. The van der Waals surface area contributed by atoms with Crippen LogP contribution in [0.15, 0.2) is 23.5 Å². The first kappa shape index (κ1) is 18.4. The van der Waals surface area contributed by atoms with E-state index in [1.165, 1.54) is 11.1 Å². The molecule has 5 heteroatoms. The molecule has 124 valence electrons. The normalized spacial score (nSPS) is 11.8. The van der Waals surface area contributed by atoms with E-state index >= 15 is 0 Å². The second kappa shape index (κ2) is 11.0. The third-order valence-corrected chi connectivity index (χ3v) is 3.43. The fourth-order valence-electron chi connectivity index (χ4n) is 1.98. The molecule has 1 heterocycles. The van der Waals surface area contributed by atoms with Gasteiger partial charge in [0.25, 0.3) is 0 Å². The minimum atomic E-state index is 0.694. The van der Waals surface area contributed by atoms with Crippen LogP contribution in [-0.4, -0.2) is 44.3 Å². The SMILES string of the molecule is CN=C(NCCOCCC(C)C)NCCc1ccncc1C. The topological polar surface area (TPSA) is 58.5 Å². The molecule has 0 fully saturated rings. The number of aryl methyl sites for hydroxylation is 1. The summed E-state index contributed by atoms with van der Waals surface area (Å²) in [5, 5.41) is 6.58. The largest absolute Gasteiger partial charge is 0.380 e. The number of hydrogen-bond acceptors (Lipinski definition) is 3. The monoisotopic (exact) mass is 306 g/mol. The van der Waals surface area contributed by atoms with Crippen molar-refractivity contribution in [2.24, 2.45) is 10.9 Å². The lowest BCUT2D eigenvalue weighted by molar-refractivity contribution is 0.128. The number of pyridine rings is 1. The molecule has 22 heavy (non-hydrogen) atoms. The van der Waals surface area contributed by atoms with E-state index in [-0.39, 0.29) is 0 Å². The Kier molecular flexibility index (Phi) is 9.23. The summed E-state index contributed by atoms with van der Waals surface area (Å²) in [6.45, 7) is 9.65. The van der Waals surface area contributed by atoms with Gasteiger partial charge in [0.1, 0.15) is 0 Å². The number of aromatic nitrogens is 1. The molecule has 1 aromatic rings. The van der Waals surface area contributed by atoms with Crippen LogP contribution in [0.2, 0.25) is 0 Å². The minimum Gasteiger partial charge on any atom is -0.380 e. The van der Waals surface area contributed by atoms with E-state index in [4.69, 9.17) is 4.74 Å². The van der Waals surface area contributed by atoms with E-state index in [2.05, 4.69) is 47.4 Å². The fourth-order valence-corrected chi connectivity index (χ4v) is 1.98. The summed E-state index contributed by atoms with van der Waals surface area (Å²) in [7, 11) is 1.78. The highest BCUT2D eigenvalue weighted by molar-refractivity contribution is 5.79. The quantitative estimate of drug-likeness (QED) is 0.417. The van der Waals surface area contributed by atoms with Crippen molar-refractivity contribution in [2.45, 2.75) is 33.6 Å². The summed E-state index contributed by atoms with van der Waals surface area (Å²) in [6.07, 6.45) is 5.80. The van der Waals surface area contributed by atoms with E-state index in [0.29, 0.717) is 12.5 Å². The minimum absolute atomic E-state index is 0.694. The maximum atomic E-state index is 5.58. The Balaban J connectivity index is 2.14.